The molecule has 2 aromatic carbocycles. The zero-order valence-corrected chi connectivity index (χ0v) is 14.5. The van der Waals surface area contributed by atoms with Crippen molar-refractivity contribution in [2.24, 2.45) is 0 Å². The molecular weight excluding hydrogens is 330 g/mol. The summed E-state index contributed by atoms with van der Waals surface area (Å²) in [7, 11) is -0.655. The normalized spacial score (nSPS) is 11.1. The predicted octanol–water partition coefficient (Wildman–Crippen LogP) is 2.38. The zero-order valence-electron chi connectivity index (χ0n) is 13.7. The Bertz CT molecular complexity index is 829. The molecule has 0 bridgehead atoms. The lowest BCUT2D eigenvalue weighted by Gasteiger charge is -2.12. The summed E-state index contributed by atoms with van der Waals surface area (Å²) in [4.78, 5) is 11.3. The number of Topliss-reactive ketones (excluding diaryl/α,β-unsaturated/α-hetero) is 1. The van der Waals surface area contributed by atoms with Crippen molar-refractivity contribution in [3.63, 3.8) is 0 Å². The Kier molecular flexibility index (Phi) is 5.58. The zero-order chi connectivity index (χ0) is 17.7. The van der Waals surface area contributed by atoms with Gasteiger partial charge in [0.2, 0.25) is 10.0 Å². The molecule has 0 unspecified atom stereocenters. The third-order valence-corrected chi connectivity index (χ3v) is 4.93. The number of ether oxygens (including phenoxy) is 2. The third-order valence-electron chi connectivity index (χ3n) is 3.51. The van der Waals surface area contributed by atoms with Gasteiger partial charge in [-0.25, -0.2) is 13.1 Å². The van der Waals surface area contributed by atoms with E-state index in [0.717, 1.165) is 0 Å². The summed E-state index contributed by atoms with van der Waals surface area (Å²) in [6.45, 7) is 1.48. The van der Waals surface area contributed by atoms with E-state index in [1.807, 2.05) is 0 Å². The minimum Gasteiger partial charge on any atom is -0.497 e. The Morgan fingerprint density at radius 2 is 1.71 bits per heavy atom. The SMILES string of the molecule is COc1ccc(OC)c(CNS(=O)(=O)c2ccc(C(C)=O)cc2)c1. The number of carbonyl (C=O) groups is 1. The van der Waals surface area contributed by atoms with E-state index in [1.54, 1.807) is 18.2 Å². The Morgan fingerprint density at radius 1 is 1.04 bits per heavy atom. The fourth-order valence-corrected chi connectivity index (χ4v) is 3.15. The van der Waals surface area contributed by atoms with Gasteiger partial charge in [-0.3, -0.25) is 4.79 Å². The molecule has 0 fully saturated rings. The second-order valence-corrected chi connectivity index (χ2v) is 6.85. The van der Waals surface area contributed by atoms with E-state index in [2.05, 4.69) is 4.72 Å². The topological polar surface area (TPSA) is 81.7 Å². The van der Waals surface area contributed by atoms with Crippen LogP contribution in [0.2, 0.25) is 0 Å². The monoisotopic (exact) mass is 349 g/mol. The summed E-state index contributed by atoms with van der Waals surface area (Å²) < 4.78 is 37.6. The number of rotatable bonds is 7. The number of carbonyl (C=O) groups excluding carboxylic acids is 1. The molecule has 0 spiro atoms. The van der Waals surface area contributed by atoms with E-state index in [4.69, 9.17) is 9.47 Å². The molecule has 0 atom stereocenters. The van der Waals surface area contributed by atoms with Gasteiger partial charge in [0.25, 0.3) is 0 Å². The molecular formula is C17H19NO5S. The van der Waals surface area contributed by atoms with Crippen LogP contribution in [0, 0.1) is 0 Å². The van der Waals surface area contributed by atoms with Crippen LogP contribution in [0.15, 0.2) is 47.4 Å². The summed E-state index contributed by atoms with van der Waals surface area (Å²) in [5.74, 6) is 1.05. The lowest BCUT2D eigenvalue weighted by atomic mass is 10.2. The maximum absolute atomic E-state index is 12.4. The quantitative estimate of drug-likeness (QED) is 0.776. The number of hydrogen-bond acceptors (Lipinski definition) is 5. The lowest BCUT2D eigenvalue weighted by Crippen LogP contribution is -2.23. The van der Waals surface area contributed by atoms with Crippen molar-refractivity contribution >= 4 is 15.8 Å². The van der Waals surface area contributed by atoms with Crippen molar-refractivity contribution in [1.29, 1.82) is 0 Å². The van der Waals surface area contributed by atoms with Crippen molar-refractivity contribution < 1.29 is 22.7 Å². The summed E-state index contributed by atoms with van der Waals surface area (Å²) >= 11 is 0. The van der Waals surface area contributed by atoms with E-state index >= 15 is 0 Å². The van der Waals surface area contributed by atoms with Crippen LogP contribution < -0.4 is 14.2 Å². The van der Waals surface area contributed by atoms with Crippen LogP contribution in [-0.2, 0) is 16.6 Å². The maximum Gasteiger partial charge on any atom is 0.240 e. The number of sulfonamides is 1. The number of benzene rings is 2. The van der Waals surface area contributed by atoms with E-state index in [-0.39, 0.29) is 17.2 Å². The molecule has 2 rings (SSSR count). The number of ketones is 1. The van der Waals surface area contributed by atoms with Crippen molar-refractivity contribution in [3.05, 3.63) is 53.6 Å². The van der Waals surface area contributed by atoms with Gasteiger partial charge < -0.3 is 9.47 Å². The van der Waals surface area contributed by atoms with Crippen LogP contribution in [0.3, 0.4) is 0 Å². The van der Waals surface area contributed by atoms with Crippen LogP contribution in [0.5, 0.6) is 11.5 Å². The van der Waals surface area contributed by atoms with Crippen molar-refractivity contribution in [2.75, 3.05) is 14.2 Å². The molecule has 0 amide bonds. The Hall–Kier alpha value is -2.38. The van der Waals surface area contributed by atoms with E-state index in [0.29, 0.717) is 22.6 Å². The molecule has 0 radical (unpaired) electrons. The molecule has 0 saturated heterocycles. The van der Waals surface area contributed by atoms with E-state index in [9.17, 15) is 13.2 Å². The molecule has 7 heteroatoms. The van der Waals surface area contributed by atoms with Gasteiger partial charge in [-0.05, 0) is 37.3 Å². The van der Waals surface area contributed by atoms with Gasteiger partial charge in [0.1, 0.15) is 11.5 Å². The molecule has 0 saturated carbocycles. The van der Waals surface area contributed by atoms with Gasteiger partial charge in [-0.2, -0.15) is 0 Å². The standard InChI is InChI=1S/C17H19NO5S/c1-12(19)13-4-7-16(8-5-13)24(20,21)18-11-14-10-15(22-2)6-9-17(14)23-3/h4-10,18H,11H2,1-3H3. The second-order valence-electron chi connectivity index (χ2n) is 5.08. The highest BCUT2D eigenvalue weighted by atomic mass is 32.2. The van der Waals surface area contributed by atoms with Crippen LogP contribution in [0.4, 0.5) is 0 Å². The smallest absolute Gasteiger partial charge is 0.240 e. The van der Waals surface area contributed by atoms with E-state index < -0.39 is 10.0 Å². The van der Waals surface area contributed by atoms with Gasteiger partial charge >= 0.3 is 0 Å². The number of methoxy groups -OCH3 is 2. The van der Waals surface area contributed by atoms with Crippen LogP contribution in [-0.4, -0.2) is 28.4 Å². The molecule has 0 aliphatic carbocycles. The first kappa shape index (κ1) is 18.0. The lowest BCUT2D eigenvalue weighted by molar-refractivity contribution is 0.101. The molecule has 0 aromatic heterocycles. The highest BCUT2D eigenvalue weighted by Crippen LogP contribution is 2.24. The fraction of sp³-hybridized carbons (Fsp3) is 0.235. The average Bonchev–Trinajstić information content (AvgIpc) is 2.59. The fourth-order valence-electron chi connectivity index (χ4n) is 2.14. The Morgan fingerprint density at radius 3 is 2.25 bits per heavy atom. The van der Waals surface area contributed by atoms with Gasteiger partial charge in [0.15, 0.2) is 5.78 Å². The first-order chi connectivity index (χ1) is 11.4. The minimum atomic E-state index is -3.70. The molecule has 0 heterocycles. The molecule has 128 valence electrons. The minimum absolute atomic E-state index is 0.0527. The molecule has 24 heavy (non-hydrogen) atoms. The third kappa shape index (κ3) is 4.12. The van der Waals surface area contributed by atoms with Gasteiger partial charge in [-0.15, -0.1) is 0 Å². The maximum atomic E-state index is 12.4. The first-order valence-electron chi connectivity index (χ1n) is 7.19. The number of nitrogens with one attached hydrogen (secondary N) is 1. The number of hydrogen-bond donors (Lipinski definition) is 1. The summed E-state index contributed by atoms with van der Waals surface area (Å²) in [6, 6.07) is 10.9. The highest BCUT2D eigenvalue weighted by molar-refractivity contribution is 7.89. The van der Waals surface area contributed by atoms with Crippen LogP contribution >= 0.6 is 0 Å². The predicted molar refractivity (Wildman–Crippen MR) is 90.0 cm³/mol. The second kappa shape index (κ2) is 7.46. The molecule has 2 aromatic rings. The van der Waals surface area contributed by atoms with Crippen LogP contribution in [0.25, 0.3) is 0 Å². The van der Waals surface area contributed by atoms with Crippen molar-refractivity contribution in [1.82, 2.24) is 4.72 Å². The average molecular weight is 349 g/mol. The van der Waals surface area contributed by atoms with Crippen LogP contribution in [0.1, 0.15) is 22.8 Å². The molecule has 0 aliphatic rings. The van der Waals surface area contributed by atoms with Crippen molar-refractivity contribution in [3.8, 4) is 11.5 Å². The van der Waals surface area contributed by atoms with Crippen molar-refractivity contribution in [2.45, 2.75) is 18.4 Å². The largest absolute Gasteiger partial charge is 0.497 e. The van der Waals surface area contributed by atoms with Gasteiger partial charge in [0.05, 0.1) is 19.1 Å². The first-order valence-corrected chi connectivity index (χ1v) is 8.67. The van der Waals surface area contributed by atoms with E-state index in [1.165, 1.54) is 45.4 Å². The van der Waals surface area contributed by atoms with Gasteiger partial charge in [-0.1, -0.05) is 12.1 Å². The Balaban J connectivity index is 2.19. The van der Waals surface area contributed by atoms with Gasteiger partial charge in [0, 0.05) is 17.7 Å². The highest BCUT2D eigenvalue weighted by Gasteiger charge is 2.15. The molecule has 1 N–H and O–H groups in total. The summed E-state index contributed by atoms with van der Waals surface area (Å²) in [6.07, 6.45) is 0. The molecule has 0 aliphatic heterocycles. The summed E-state index contributed by atoms with van der Waals surface area (Å²) in [5, 5.41) is 0. The summed E-state index contributed by atoms with van der Waals surface area (Å²) in [5.41, 5.74) is 1.11. The molecule has 6 nitrogen and oxygen atoms in total. The Labute approximate surface area is 141 Å².